The Morgan fingerprint density at radius 3 is 3.15 bits per heavy atom. The molecule has 5 heteroatoms. The van der Waals surface area contributed by atoms with Crippen molar-refractivity contribution in [2.75, 3.05) is 0 Å². The number of aryl methyl sites for hydroxylation is 1. The highest BCUT2D eigenvalue weighted by Gasteiger charge is 1.94. The van der Waals surface area contributed by atoms with Gasteiger partial charge in [0.2, 0.25) is 0 Å². The molecule has 1 N–H and O–H groups in total. The molecule has 0 saturated carbocycles. The fourth-order valence-corrected chi connectivity index (χ4v) is 0.937. The van der Waals surface area contributed by atoms with Gasteiger partial charge < -0.3 is 9.55 Å². The van der Waals surface area contributed by atoms with E-state index in [0.717, 1.165) is 11.6 Å². The van der Waals surface area contributed by atoms with Crippen molar-refractivity contribution >= 4 is 12.0 Å². The van der Waals surface area contributed by atoms with Gasteiger partial charge in [-0.3, -0.25) is 0 Å². The molecule has 0 aromatic carbocycles. The molecule has 0 radical (unpaired) electrons. The highest BCUT2D eigenvalue weighted by molar-refractivity contribution is 5.76. The first-order valence-electron chi connectivity index (χ1n) is 3.88. The van der Waals surface area contributed by atoms with Crippen molar-refractivity contribution in [2.24, 2.45) is 12.0 Å². The highest BCUT2D eigenvalue weighted by atomic mass is 15.2. The van der Waals surface area contributed by atoms with E-state index >= 15 is 0 Å². The number of aromatic amines is 1. The van der Waals surface area contributed by atoms with Crippen LogP contribution in [-0.2, 0) is 7.05 Å². The molecule has 0 unspecified atom stereocenters. The number of H-pyrrole nitrogens is 1. The topological polar surface area (TPSA) is 58.9 Å². The van der Waals surface area contributed by atoms with Crippen molar-refractivity contribution in [2.45, 2.75) is 0 Å². The largest absolute Gasteiger partial charge is 0.347 e. The second-order valence-electron chi connectivity index (χ2n) is 2.61. The van der Waals surface area contributed by atoms with E-state index < -0.39 is 0 Å². The minimum atomic E-state index is 0.731. The lowest BCUT2D eigenvalue weighted by molar-refractivity contribution is 0.900. The second-order valence-corrected chi connectivity index (χ2v) is 2.61. The third kappa shape index (κ3) is 1.64. The van der Waals surface area contributed by atoms with Gasteiger partial charge in [-0.05, 0) is 12.1 Å². The summed E-state index contributed by atoms with van der Waals surface area (Å²) >= 11 is 0. The van der Waals surface area contributed by atoms with Crippen molar-refractivity contribution in [1.82, 2.24) is 19.7 Å². The molecule has 13 heavy (non-hydrogen) atoms. The molecule has 0 aliphatic heterocycles. The molecule has 0 saturated heterocycles. The van der Waals surface area contributed by atoms with Gasteiger partial charge in [-0.25, -0.2) is 4.99 Å². The minimum absolute atomic E-state index is 0.731. The number of rotatable bonds is 2. The van der Waals surface area contributed by atoms with Gasteiger partial charge in [-0.1, -0.05) is 0 Å². The zero-order chi connectivity index (χ0) is 9.10. The monoisotopic (exact) mass is 175 g/mol. The molecule has 0 spiro atoms. The van der Waals surface area contributed by atoms with Gasteiger partial charge in [0.1, 0.15) is 12.1 Å². The van der Waals surface area contributed by atoms with E-state index in [4.69, 9.17) is 0 Å². The number of nitrogens with one attached hydrogen (secondary N) is 1. The first kappa shape index (κ1) is 7.72. The van der Waals surface area contributed by atoms with E-state index in [1.807, 2.05) is 25.4 Å². The van der Waals surface area contributed by atoms with Crippen molar-refractivity contribution in [3.63, 3.8) is 0 Å². The molecule has 0 fully saturated rings. The predicted molar refractivity (Wildman–Crippen MR) is 49.0 cm³/mol. The molecular formula is C8H9N5. The lowest BCUT2D eigenvalue weighted by atomic mass is 10.6. The second kappa shape index (κ2) is 3.22. The number of nitrogens with zero attached hydrogens (tertiary/aromatic N) is 4. The van der Waals surface area contributed by atoms with Crippen LogP contribution in [0.4, 0.5) is 5.82 Å². The summed E-state index contributed by atoms with van der Waals surface area (Å²) < 4.78 is 1.80. The number of aliphatic imine (C=N–C) groups is 1. The van der Waals surface area contributed by atoms with E-state index in [9.17, 15) is 0 Å². The van der Waals surface area contributed by atoms with Crippen LogP contribution in [0, 0.1) is 0 Å². The quantitative estimate of drug-likeness (QED) is 0.689. The SMILES string of the molecule is Cn1cnnc1/C=N\c1ccc[nH]1. The Labute approximate surface area is 75.1 Å². The minimum Gasteiger partial charge on any atom is -0.347 e. The molecule has 2 rings (SSSR count). The van der Waals surface area contributed by atoms with Crippen molar-refractivity contribution in [1.29, 1.82) is 0 Å². The van der Waals surface area contributed by atoms with Gasteiger partial charge in [0, 0.05) is 13.2 Å². The Balaban J connectivity index is 2.19. The fraction of sp³-hybridized carbons (Fsp3) is 0.125. The molecular weight excluding hydrogens is 166 g/mol. The van der Waals surface area contributed by atoms with Crippen LogP contribution in [0.2, 0.25) is 0 Å². The zero-order valence-electron chi connectivity index (χ0n) is 7.18. The van der Waals surface area contributed by atoms with Crippen LogP contribution in [0.1, 0.15) is 5.82 Å². The highest BCUT2D eigenvalue weighted by Crippen LogP contribution is 2.05. The number of hydrogen-bond donors (Lipinski definition) is 1. The summed E-state index contributed by atoms with van der Waals surface area (Å²) in [5.74, 6) is 1.54. The maximum Gasteiger partial charge on any atom is 0.174 e. The molecule has 0 bridgehead atoms. The van der Waals surface area contributed by atoms with Crippen molar-refractivity contribution in [3.8, 4) is 0 Å². The summed E-state index contributed by atoms with van der Waals surface area (Å²) in [5, 5.41) is 7.60. The normalized spacial score (nSPS) is 11.2. The Kier molecular flexibility index (Phi) is 1.91. The van der Waals surface area contributed by atoms with Crippen LogP contribution in [0.3, 0.4) is 0 Å². The smallest absolute Gasteiger partial charge is 0.174 e. The average Bonchev–Trinajstić information content (AvgIpc) is 2.72. The standard InChI is InChI=1S/C8H9N5/c1-13-6-11-12-8(13)5-10-7-3-2-4-9-7/h2-6,9H,1H3/b10-5-. The number of hydrogen-bond acceptors (Lipinski definition) is 3. The van der Waals surface area contributed by atoms with E-state index in [0.29, 0.717) is 0 Å². The summed E-state index contributed by atoms with van der Waals surface area (Å²) in [4.78, 5) is 7.13. The Bertz CT molecular complexity index is 398. The van der Waals surface area contributed by atoms with Gasteiger partial charge in [0.25, 0.3) is 0 Å². The molecule has 0 aliphatic rings. The molecule has 2 aromatic heterocycles. The molecule has 0 amide bonds. The molecule has 0 aliphatic carbocycles. The summed E-state index contributed by atoms with van der Waals surface area (Å²) in [6.45, 7) is 0. The Morgan fingerprint density at radius 1 is 1.62 bits per heavy atom. The molecule has 5 nitrogen and oxygen atoms in total. The van der Waals surface area contributed by atoms with Crippen LogP contribution in [-0.4, -0.2) is 26.0 Å². The van der Waals surface area contributed by atoms with Gasteiger partial charge in [-0.15, -0.1) is 10.2 Å². The molecule has 0 atom stereocenters. The summed E-state index contributed by atoms with van der Waals surface area (Å²) in [6, 6.07) is 3.77. The first-order chi connectivity index (χ1) is 6.36. The van der Waals surface area contributed by atoms with Crippen LogP contribution < -0.4 is 0 Å². The van der Waals surface area contributed by atoms with E-state index in [-0.39, 0.29) is 0 Å². The van der Waals surface area contributed by atoms with Crippen LogP contribution in [0.15, 0.2) is 29.6 Å². The molecule has 2 heterocycles. The van der Waals surface area contributed by atoms with E-state index in [1.54, 1.807) is 17.1 Å². The Morgan fingerprint density at radius 2 is 2.54 bits per heavy atom. The van der Waals surface area contributed by atoms with Crippen LogP contribution >= 0.6 is 0 Å². The number of aromatic nitrogens is 4. The lowest BCUT2D eigenvalue weighted by Crippen LogP contribution is -1.94. The van der Waals surface area contributed by atoms with Crippen molar-refractivity contribution in [3.05, 3.63) is 30.5 Å². The maximum absolute atomic E-state index is 4.17. The summed E-state index contributed by atoms with van der Waals surface area (Å²) in [6.07, 6.45) is 5.12. The predicted octanol–water partition coefficient (Wildman–Crippen LogP) is 0.894. The van der Waals surface area contributed by atoms with Gasteiger partial charge in [-0.2, -0.15) is 0 Å². The fourth-order valence-electron chi connectivity index (χ4n) is 0.937. The van der Waals surface area contributed by atoms with Gasteiger partial charge in [0.15, 0.2) is 5.82 Å². The van der Waals surface area contributed by atoms with Gasteiger partial charge >= 0.3 is 0 Å². The van der Waals surface area contributed by atoms with Gasteiger partial charge in [0.05, 0.1) is 6.21 Å². The zero-order valence-corrected chi connectivity index (χ0v) is 7.18. The van der Waals surface area contributed by atoms with E-state index in [1.165, 1.54) is 0 Å². The third-order valence-electron chi connectivity index (χ3n) is 1.65. The molecule has 66 valence electrons. The molecule has 2 aromatic rings. The third-order valence-corrected chi connectivity index (χ3v) is 1.65. The van der Waals surface area contributed by atoms with Crippen LogP contribution in [0.25, 0.3) is 0 Å². The van der Waals surface area contributed by atoms with Crippen LogP contribution in [0.5, 0.6) is 0 Å². The average molecular weight is 175 g/mol. The van der Waals surface area contributed by atoms with Crippen molar-refractivity contribution < 1.29 is 0 Å². The van der Waals surface area contributed by atoms with E-state index in [2.05, 4.69) is 20.2 Å². The first-order valence-corrected chi connectivity index (χ1v) is 3.88. The summed E-state index contributed by atoms with van der Waals surface area (Å²) in [7, 11) is 1.87. The Hall–Kier alpha value is -1.91. The lowest BCUT2D eigenvalue weighted by Gasteiger charge is -1.89. The maximum atomic E-state index is 4.17. The summed E-state index contributed by atoms with van der Waals surface area (Å²) in [5.41, 5.74) is 0.